The van der Waals surface area contributed by atoms with Crippen LogP contribution in [0, 0.1) is 0 Å². The molecule has 1 aliphatic rings. The van der Waals surface area contributed by atoms with Crippen molar-refractivity contribution in [1.82, 2.24) is 19.9 Å². The van der Waals surface area contributed by atoms with E-state index in [0.717, 1.165) is 56.3 Å². The predicted octanol–water partition coefficient (Wildman–Crippen LogP) is 12.0. The third-order valence-electron chi connectivity index (χ3n) is 9.70. The van der Waals surface area contributed by atoms with Crippen LogP contribution < -0.4 is 0 Å². The Labute approximate surface area is 303 Å². The van der Waals surface area contributed by atoms with Gasteiger partial charge in [0.2, 0.25) is 0 Å². The van der Waals surface area contributed by atoms with Crippen LogP contribution in [0.1, 0.15) is 17.9 Å². The van der Waals surface area contributed by atoms with Crippen molar-refractivity contribution in [2.24, 2.45) is 0 Å². The van der Waals surface area contributed by atoms with Gasteiger partial charge in [-0.15, -0.1) is 0 Å². The highest BCUT2D eigenvalue weighted by molar-refractivity contribution is 6.00. The van der Waals surface area contributed by atoms with Gasteiger partial charge in [0.05, 0.1) is 5.52 Å². The largest absolute Gasteiger partial charge is 0.256 e. The molecule has 0 saturated heterocycles. The summed E-state index contributed by atoms with van der Waals surface area (Å²) in [6, 6.07) is 55.0. The molecule has 2 heterocycles. The molecule has 9 rings (SSSR count). The minimum Gasteiger partial charge on any atom is -0.256 e. The van der Waals surface area contributed by atoms with Crippen molar-refractivity contribution in [3.05, 3.63) is 194 Å². The third-order valence-corrected chi connectivity index (χ3v) is 9.70. The van der Waals surface area contributed by atoms with Crippen LogP contribution in [0.25, 0.3) is 78.4 Å². The Bertz CT molecular complexity index is 2580. The van der Waals surface area contributed by atoms with Gasteiger partial charge in [0.25, 0.3) is 0 Å². The molecule has 0 spiro atoms. The van der Waals surface area contributed by atoms with Crippen LogP contribution in [0.3, 0.4) is 0 Å². The summed E-state index contributed by atoms with van der Waals surface area (Å²) in [6.07, 6.45) is 11.6. The first-order valence-electron chi connectivity index (χ1n) is 17.7. The molecule has 2 aromatic heterocycles. The maximum Gasteiger partial charge on any atom is 0.164 e. The highest BCUT2D eigenvalue weighted by Crippen LogP contribution is 2.49. The summed E-state index contributed by atoms with van der Waals surface area (Å²) in [4.78, 5) is 20.3. The van der Waals surface area contributed by atoms with Gasteiger partial charge in [-0.3, -0.25) is 4.98 Å². The fourth-order valence-electron chi connectivity index (χ4n) is 7.27. The van der Waals surface area contributed by atoms with Crippen molar-refractivity contribution in [1.29, 1.82) is 0 Å². The number of hydrogen-bond acceptors (Lipinski definition) is 4. The second-order valence-electron chi connectivity index (χ2n) is 13.0. The lowest BCUT2D eigenvalue weighted by Crippen LogP contribution is -2.08. The molecule has 1 unspecified atom stereocenters. The smallest absolute Gasteiger partial charge is 0.164 e. The average Bonchev–Trinajstić information content (AvgIpc) is 3.24. The van der Waals surface area contributed by atoms with Gasteiger partial charge in [-0.2, -0.15) is 0 Å². The summed E-state index contributed by atoms with van der Waals surface area (Å²) < 4.78 is 0. The van der Waals surface area contributed by atoms with Gasteiger partial charge in [-0.1, -0.05) is 152 Å². The summed E-state index contributed by atoms with van der Waals surface area (Å²) >= 11 is 0. The number of aromatic nitrogens is 4. The van der Waals surface area contributed by atoms with E-state index in [4.69, 9.17) is 15.0 Å². The molecule has 0 N–H and O–H groups in total. The van der Waals surface area contributed by atoms with Gasteiger partial charge in [-0.25, -0.2) is 15.0 Å². The van der Waals surface area contributed by atoms with Crippen LogP contribution in [0.4, 0.5) is 0 Å². The maximum absolute atomic E-state index is 5.35. The van der Waals surface area contributed by atoms with E-state index in [1.165, 1.54) is 16.7 Å². The fourth-order valence-corrected chi connectivity index (χ4v) is 7.27. The van der Waals surface area contributed by atoms with E-state index >= 15 is 0 Å². The van der Waals surface area contributed by atoms with Gasteiger partial charge < -0.3 is 0 Å². The minimum atomic E-state index is 0.0922. The van der Waals surface area contributed by atoms with Crippen LogP contribution in [0.15, 0.2) is 188 Å². The van der Waals surface area contributed by atoms with E-state index in [1.807, 2.05) is 36.5 Å². The van der Waals surface area contributed by atoms with Crippen LogP contribution >= 0.6 is 0 Å². The monoisotopic (exact) mass is 666 g/mol. The Morgan fingerprint density at radius 2 is 1.04 bits per heavy atom. The zero-order valence-corrected chi connectivity index (χ0v) is 28.5. The van der Waals surface area contributed by atoms with Crippen LogP contribution in [0.2, 0.25) is 0 Å². The fraction of sp³-hybridized carbons (Fsp3) is 0.0417. The van der Waals surface area contributed by atoms with Crippen LogP contribution in [0.5, 0.6) is 0 Å². The zero-order chi connectivity index (χ0) is 34.7. The SMILES string of the molecule is C1=CCC(c2c(-c3nc(-c4ccccc4)nc(-c4ccc5ncccc5c4)n3)cc(-c3ccccc3)c(-c3ccccc3)c2-c2ccccc2)C=C1. The maximum atomic E-state index is 5.35. The lowest BCUT2D eigenvalue weighted by Gasteiger charge is -2.27. The molecular weight excluding hydrogens is 633 g/mol. The molecule has 1 atom stereocenters. The Kier molecular flexibility index (Phi) is 8.32. The van der Waals surface area contributed by atoms with Crippen LogP contribution in [-0.4, -0.2) is 19.9 Å². The topological polar surface area (TPSA) is 51.6 Å². The Morgan fingerprint density at radius 1 is 0.442 bits per heavy atom. The summed E-state index contributed by atoms with van der Waals surface area (Å²) in [7, 11) is 0. The molecule has 1 aliphatic carbocycles. The summed E-state index contributed by atoms with van der Waals surface area (Å²) in [5, 5.41) is 1.04. The lowest BCUT2D eigenvalue weighted by atomic mass is 9.77. The van der Waals surface area contributed by atoms with Gasteiger partial charge in [-0.05, 0) is 75.7 Å². The molecule has 52 heavy (non-hydrogen) atoms. The molecule has 0 fully saturated rings. The molecule has 8 aromatic rings. The quantitative estimate of drug-likeness (QED) is 0.170. The molecule has 0 amide bonds. The number of pyridine rings is 1. The Balaban J connectivity index is 1.41. The summed E-state index contributed by atoms with van der Waals surface area (Å²) in [5.41, 5.74) is 11.9. The van der Waals surface area contributed by atoms with E-state index < -0.39 is 0 Å². The molecule has 0 saturated carbocycles. The molecular formula is C48H34N4. The van der Waals surface area contributed by atoms with E-state index in [1.54, 1.807) is 0 Å². The second-order valence-corrected chi connectivity index (χ2v) is 13.0. The first-order chi connectivity index (χ1) is 25.8. The molecule has 4 heteroatoms. The molecule has 0 radical (unpaired) electrons. The van der Waals surface area contributed by atoms with Gasteiger partial charge >= 0.3 is 0 Å². The molecule has 6 aromatic carbocycles. The summed E-state index contributed by atoms with van der Waals surface area (Å²) in [5.74, 6) is 1.98. The molecule has 4 nitrogen and oxygen atoms in total. The van der Waals surface area contributed by atoms with Gasteiger partial charge in [0, 0.05) is 34.2 Å². The number of nitrogens with zero attached hydrogens (tertiary/aromatic N) is 4. The standard InChI is InChI=1S/C48H34N4/c1-6-17-33(18-7-1)40-32-41(44(35-21-10-3-11-22-35)45(36-23-12-4-13-24-36)43(40)34-19-8-2-9-20-34)48-51-46(37-25-14-5-15-26-37)50-47(52-48)39-28-29-42-38(31-39)27-16-30-49-42/h1-21,23-32,35H,22H2. The summed E-state index contributed by atoms with van der Waals surface area (Å²) in [6.45, 7) is 0. The highest BCUT2D eigenvalue weighted by atomic mass is 15.0. The number of benzene rings is 6. The van der Waals surface area contributed by atoms with E-state index in [-0.39, 0.29) is 5.92 Å². The van der Waals surface area contributed by atoms with E-state index in [2.05, 4.69) is 157 Å². The Hall–Kier alpha value is -6.78. The Morgan fingerprint density at radius 3 is 1.69 bits per heavy atom. The predicted molar refractivity (Wildman–Crippen MR) is 213 cm³/mol. The third kappa shape index (κ3) is 6.01. The zero-order valence-electron chi connectivity index (χ0n) is 28.5. The first-order valence-corrected chi connectivity index (χ1v) is 17.7. The number of rotatable bonds is 7. The van der Waals surface area contributed by atoms with E-state index in [0.29, 0.717) is 17.5 Å². The second kappa shape index (κ2) is 13.9. The van der Waals surface area contributed by atoms with Crippen molar-refractivity contribution < 1.29 is 0 Å². The minimum absolute atomic E-state index is 0.0922. The van der Waals surface area contributed by atoms with Crippen molar-refractivity contribution in [3.8, 4) is 67.5 Å². The lowest BCUT2D eigenvalue weighted by molar-refractivity contribution is 0.855. The average molecular weight is 667 g/mol. The van der Waals surface area contributed by atoms with Gasteiger partial charge in [0.15, 0.2) is 17.5 Å². The van der Waals surface area contributed by atoms with Crippen molar-refractivity contribution >= 4 is 10.9 Å². The van der Waals surface area contributed by atoms with Crippen molar-refractivity contribution in [2.45, 2.75) is 12.3 Å². The molecule has 246 valence electrons. The van der Waals surface area contributed by atoms with E-state index in [9.17, 15) is 0 Å². The van der Waals surface area contributed by atoms with Crippen LogP contribution in [-0.2, 0) is 0 Å². The number of allylic oxidation sites excluding steroid dienone is 4. The number of fused-ring (bicyclic) bond motifs is 1. The molecule has 0 bridgehead atoms. The normalized spacial score (nSPS) is 13.7. The van der Waals surface area contributed by atoms with Crippen molar-refractivity contribution in [2.75, 3.05) is 0 Å². The number of hydrogen-bond donors (Lipinski definition) is 0. The molecule has 0 aliphatic heterocycles. The van der Waals surface area contributed by atoms with Gasteiger partial charge in [0.1, 0.15) is 0 Å². The first kappa shape index (κ1) is 31.2. The van der Waals surface area contributed by atoms with Crippen molar-refractivity contribution in [3.63, 3.8) is 0 Å². The highest BCUT2D eigenvalue weighted by Gasteiger charge is 2.28.